The quantitative estimate of drug-likeness (QED) is 0.799. The van der Waals surface area contributed by atoms with Gasteiger partial charge in [0.25, 0.3) is 0 Å². The summed E-state index contributed by atoms with van der Waals surface area (Å²) in [6, 6.07) is 0. The van der Waals surface area contributed by atoms with Gasteiger partial charge in [0.05, 0.1) is 11.2 Å². The molecule has 3 N–H and O–H groups in total. The van der Waals surface area contributed by atoms with Crippen LogP contribution in [0.5, 0.6) is 0 Å². The monoisotopic (exact) mass is 207 g/mol. The Kier molecular flexibility index (Phi) is 2.59. The van der Waals surface area contributed by atoms with E-state index in [1.54, 1.807) is 0 Å². The highest BCUT2D eigenvalue weighted by Crippen LogP contribution is 2.35. The van der Waals surface area contributed by atoms with Crippen LogP contribution in [0, 0.1) is 0 Å². The molecule has 0 spiro atoms. The van der Waals surface area contributed by atoms with Gasteiger partial charge in [-0.2, -0.15) is 0 Å². The summed E-state index contributed by atoms with van der Waals surface area (Å²) in [5, 5.41) is 0. The zero-order valence-corrected chi connectivity index (χ0v) is 9.93. The maximum absolute atomic E-state index is 6.19. The summed E-state index contributed by atoms with van der Waals surface area (Å²) in [5.74, 6) is 1.62. The number of H-pyrrole nitrogens is 1. The van der Waals surface area contributed by atoms with Crippen molar-refractivity contribution in [3.63, 3.8) is 0 Å². The molecule has 0 radical (unpaired) electrons. The van der Waals surface area contributed by atoms with E-state index >= 15 is 0 Å². The Morgan fingerprint density at radius 1 is 1.53 bits per heavy atom. The number of nitrogens with zero attached hydrogens (tertiary/aromatic N) is 1. The Balaban J connectivity index is 2.32. The first-order valence-corrected chi connectivity index (χ1v) is 5.96. The maximum atomic E-state index is 6.19. The summed E-state index contributed by atoms with van der Waals surface area (Å²) in [4.78, 5) is 8.12. The normalized spacial score (nSPS) is 23.9. The number of nitrogens with two attached hydrogens (primary N) is 1. The average molecular weight is 207 g/mol. The molecule has 0 fully saturated rings. The van der Waals surface area contributed by atoms with Gasteiger partial charge < -0.3 is 10.7 Å². The van der Waals surface area contributed by atoms with E-state index in [2.05, 4.69) is 18.8 Å². The number of aromatic amines is 1. The van der Waals surface area contributed by atoms with E-state index in [1.165, 1.54) is 24.2 Å². The second-order valence-electron chi connectivity index (χ2n) is 4.86. The van der Waals surface area contributed by atoms with E-state index in [0.717, 1.165) is 18.7 Å². The summed E-state index contributed by atoms with van der Waals surface area (Å²) in [6.07, 6.45) is 4.49. The van der Waals surface area contributed by atoms with E-state index < -0.39 is 0 Å². The Labute approximate surface area is 91.5 Å². The van der Waals surface area contributed by atoms with Crippen LogP contribution in [0.2, 0.25) is 0 Å². The van der Waals surface area contributed by atoms with Crippen molar-refractivity contribution in [1.82, 2.24) is 9.97 Å². The first kappa shape index (κ1) is 10.7. The fraction of sp³-hybridized carbons (Fsp3) is 0.750. The van der Waals surface area contributed by atoms with E-state index in [1.807, 2.05) is 6.92 Å². The van der Waals surface area contributed by atoms with Crippen molar-refractivity contribution >= 4 is 0 Å². The summed E-state index contributed by atoms with van der Waals surface area (Å²) < 4.78 is 0. The van der Waals surface area contributed by atoms with Gasteiger partial charge in [-0.3, -0.25) is 0 Å². The molecule has 0 bridgehead atoms. The molecule has 0 saturated carbocycles. The number of imidazole rings is 1. The Bertz CT molecular complexity index is 352. The number of hydrogen-bond acceptors (Lipinski definition) is 2. The highest BCUT2D eigenvalue weighted by Gasteiger charge is 2.30. The highest BCUT2D eigenvalue weighted by atomic mass is 15.0. The van der Waals surface area contributed by atoms with E-state index in [0.29, 0.717) is 5.92 Å². The molecule has 0 aromatic carbocycles. The van der Waals surface area contributed by atoms with E-state index in [4.69, 9.17) is 10.7 Å². The molecule has 1 heterocycles. The average Bonchev–Trinajstić information content (AvgIpc) is 2.76. The van der Waals surface area contributed by atoms with Crippen molar-refractivity contribution in [1.29, 1.82) is 0 Å². The lowest BCUT2D eigenvalue weighted by Crippen LogP contribution is -2.33. The number of aromatic nitrogens is 2. The zero-order valence-electron chi connectivity index (χ0n) is 9.93. The molecule has 2 unspecified atom stereocenters. The second-order valence-corrected chi connectivity index (χ2v) is 4.86. The van der Waals surface area contributed by atoms with Crippen LogP contribution in [0.3, 0.4) is 0 Å². The highest BCUT2D eigenvalue weighted by molar-refractivity contribution is 5.26. The summed E-state index contributed by atoms with van der Waals surface area (Å²) in [6.45, 7) is 6.38. The number of aryl methyl sites for hydroxylation is 1. The van der Waals surface area contributed by atoms with Crippen LogP contribution < -0.4 is 5.73 Å². The first-order valence-electron chi connectivity index (χ1n) is 5.96. The molecular formula is C12H21N3. The molecule has 3 nitrogen and oxygen atoms in total. The topological polar surface area (TPSA) is 54.7 Å². The fourth-order valence-corrected chi connectivity index (χ4v) is 2.24. The van der Waals surface area contributed by atoms with Crippen molar-refractivity contribution in [3.8, 4) is 0 Å². The molecule has 2 atom stereocenters. The van der Waals surface area contributed by atoms with Crippen molar-refractivity contribution in [2.24, 2.45) is 5.73 Å². The second kappa shape index (κ2) is 3.63. The SMILES string of the molecule is CCC1CCc2[nH]c(C(C)(N)CC)nc21. The fourth-order valence-electron chi connectivity index (χ4n) is 2.24. The number of rotatable bonds is 3. The van der Waals surface area contributed by atoms with Crippen molar-refractivity contribution in [3.05, 3.63) is 17.2 Å². The molecule has 3 heteroatoms. The smallest absolute Gasteiger partial charge is 0.126 e. The predicted molar refractivity (Wildman–Crippen MR) is 61.8 cm³/mol. The van der Waals surface area contributed by atoms with Crippen LogP contribution in [0.15, 0.2) is 0 Å². The minimum absolute atomic E-state index is 0.303. The van der Waals surface area contributed by atoms with E-state index in [-0.39, 0.29) is 5.54 Å². The molecule has 84 valence electrons. The predicted octanol–water partition coefficient (Wildman–Crippen LogP) is 2.43. The lowest BCUT2D eigenvalue weighted by molar-refractivity contribution is 0.445. The van der Waals surface area contributed by atoms with Crippen LogP contribution in [-0.2, 0) is 12.0 Å². The molecule has 1 aliphatic carbocycles. The molecule has 2 rings (SSSR count). The third-order valence-electron chi connectivity index (χ3n) is 3.71. The van der Waals surface area contributed by atoms with Gasteiger partial charge in [0.15, 0.2) is 0 Å². The Hall–Kier alpha value is -0.830. The van der Waals surface area contributed by atoms with Crippen LogP contribution >= 0.6 is 0 Å². The molecule has 1 aromatic heterocycles. The Morgan fingerprint density at radius 3 is 2.87 bits per heavy atom. The molecular weight excluding hydrogens is 186 g/mol. The third-order valence-corrected chi connectivity index (χ3v) is 3.71. The van der Waals surface area contributed by atoms with Gasteiger partial charge >= 0.3 is 0 Å². The van der Waals surface area contributed by atoms with Gasteiger partial charge in [0.2, 0.25) is 0 Å². The van der Waals surface area contributed by atoms with Gasteiger partial charge in [-0.25, -0.2) is 4.98 Å². The first-order chi connectivity index (χ1) is 7.08. The lowest BCUT2D eigenvalue weighted by Gasteiger charge is -2.19. The summed E-state index contributed by atoms with van der Waals surface area (Å²) in [5.41, 5.74) is 8.49. The zero-order chi connectivity index (χ0) is 11.1. The van der Waals surface area contributed by atoms with Gasteiger partial charge in [-0.05, 0) is 32.6 Å². The van der Waals surface area contributed by atoms with Crippen molar-refractivity contribution in [2.45, 2.75) is 57.9 Å². The number of hydrogen-bond donors (Lipinski definition) is 2. The van der Waals surface area contributed by atoms with Crippen molar-refractivity contribution < 1.29 is 0 Å². The standard InChI is InChI=1S/C12H21N3/c1-4-8-6-7-9-10(8)15-11(14-9)12(3,13)5-2/h8H,4-7,13H2,1-3H3,(H,14,15). The van der Waals surface area contributed by atoms with E-state index in [9.17, 15) is 0 Å². The van der Waals surface area contributed by atoms with Gasteiger partial charge in [0, 0.05) is 11.6 Å². The van der Waals surface area contributed by atoms with Gasteiger partial charge in [0.1, 0.15) is 5.82 Å². The molecule has 15 heavy (non-hydrogen) atoms. The van der Waals surface area contributed by atoms with Crippen LogP contribution in [0.25, 0.3) is 0 Å². The maximum Gasteiger partial charge on any atom is 0.126 e. The van der Waals surface area contributed by atoms with Crippen LogP contribution in [0.1, 0.15) is 63.2 Å². The van der Waals surface area contributed by atoms with Crippen LogP contribution in [-0.4, -0.2) is 9.97 Å². The summed E-state index contributed by atoms with van der Waals surface area (Å²) in [7, 11) is 0. The molecule has 1 aliphatic rings. The Morgan fingerprint density at radius 2 is 2.27 bits per heavy atom. The molecule has 1 aromatic rings. The number of fused-ring (bicyclic) bond motifs is 1. The number of nitrogens with one attached hydrogen (secondary N) is 1. The molecule has 0 amide bonds. The molecule has 0 aliphatic heterocycles. The minimum Gasteiger partial charge on any atom is -0.344 e. The van der Waals surface area contributed by atoms with Crippen molar-refractivity contribution in [2.75, 3.05) is 0 Å². The van der Waals surface area contributed by atoms with Crippen LogP contribution in [0.4, 0.5) is 0 Å². The minimum atomic E-state index is -0.303. The lowest BCUT2D eigenvalue weighted by atomic mass is 9.99. The van der Waals surface area contributed by atoms with Gasteiger partial charge in [-0.15, -0.1) is 0 Å². The molecule has 0 saturated heterocycles. The third kappa shape index (κ3) is 1.69. The largest absolute Gasteiger partial charge is 0.344 e. The van der Waals surface area contributed by atoms with Gasteiger partial charge in [-0.1, -0.05) is 13.8 Å². The summed E-state index contributed by atoms with van der Waals surface area (Å²) >= 11 is 0.